The van der Waals surface area contributed by atoms with Crippen molar-refractivity contribution < 1.29 is 0 Å². The van der Waals surface area contributed by atoms with Crippen molar-refractivity contribution in [2.75, 3.05) is 0 Å². The van der Waals surface area contributed by atoms with Crippen LogP contribution in [0.25, 0.3) is 0 Å². The summed E-state index contributed by atoms with van der Waals surface area (Å²) in [4.78, 5) is 0. The lowest BCUT2D eigenvalue weighted by Gasteiger charge is -2.13. The zero-order valence-corrected chi connectivity index (χ0v) is 9.39. The second-order valence-corrected chi connectivity index (χ2v) is 3.33. The van der Waals surface area contributed by atoms with Crippen molar-refractivity contribution in [2.24, 2.45) is 5.73 Å². The highest BCUT2D eigenvalue weighted by atomic mass is 35.5. The summed E-state index contributed by atoms with van der Waals surface area (Å²) in [5.41, 5.74) is 8.57. The van der Waals surface area contributed by atoms with Crippen LogP contribution in [-0.2, 0) is 0 Å². The van der Waals surface area contributed by atoms with Crippen LogP contribution >= 0.6 is 12.4 Å². The van der Waals surface area contributed by atoms with Crippen molar-refractivity contribution in [2.45, 2.75) is 25.8 Å². The summed E-state index contributed by atoms with van der Waals surface area (Å²) >= 11 is 0. The number of rotatable bonds is 4. The van der Waals surface area contributed by atoms with E-state index in [1.54, 1.807) is 0 Å². The Kier molecular flexibility index (Phi) is 6.26. The summed E-state index contributed by atoms with van der Waals surface area (Å²) in [6.45, 7) is 5.79. The van der Waals surface area contributed by atoms with Crippen LogP contribution in [0.5, 0.6) is 0 Å². The summed E-state index contributed by atoms with van der Waals surface area (Å²) in [6.07, 6.45) is 3.88. The molecule has 0 aromatic heterocycles. The van der Waals surface area contributed by atoms with Crippen molar-refractivity contribution in [1.29, 1.82) is 0 Å². The van der Waals surface area contributed by atoms with E-state index < -0.39 is 0 Å². The molecule has 0 aliphatic heterocycles. The molecule has 1 nitrogen and oxygen atoms in total. The van der Waals surface area contributed by atoms with Gasteiger partial charge in [-0.1, -0.05) is 30.3 Å². The molecule has 1 aromatic carbocycles. The molecule has 14 heavy (non-hydrogen) atoms. The standard InChI is InChI=1S/C12H17N.ClH/c1-3-4-9-12(13)11-8-6-5-7-10(11)2;/h3,5-8,12H,1,4,9,13H2,2H3;1H/t12-;/m1./s1. The quantitative estimate of drug-likeness (QED) is 0.760. The van der Waals surface area contributed by atoms with Gasteiger partial charge in [0.1, 0.15) is 0 Å². The Bertz CT molecular complexity index is 283. The maximum Gasteiger partial charge on any atom is 0.0300 e. The topological polar surface area (TPSA) is 26.0 Å². The minimum Gasteiger partial charge on any atom is -0.324 e. The first-order valence-corrected chi connectivity index (χ1v) is 4.67. The van der Waals surface area contributed by atoms with Gasteiger partial charge in [-0.05, 0) is 30.9 Å². The summed E-state index contributed by atoms with van der Waals surface area (Å²) < 4.78 is 0. The zero-order valence-electron chi connectivity index (χ0n) is 8.57. The maximum atomic E-state index is 6.03. The third-order valence-corrected chi connectivity index (χ3v) is 2.27. The fraction of sp³-hybridized carbons (Fsp3) is 0.333. The molecular weight excluding hydrogens is 194 g/mol. The van der Waals surface area contributed by atoms with Gasteiger partial charge in [-0.2, -0.15) is 0 Å². The minimum atomic E-state index is 0. The first-order chi connectivity index (χ1) is 6.25. The van der Waals surface area contributed by atoms with E-state index in [0.717, 1.165) is 12.8 Å². The normalized spacial score (nSPS) is 11.6. The van der Waals surface area contributed by atoms with Crippen molar-refractivity contribution >= 4 is 12.4 Å². The monoisotopic (exact) mass is 211 g/mol. The highest BCUT2D eigenvalue weighted by Gasteiger charge is 2.06. The van der Waals surface area contributed by atoms with E-state index in [-0.39, 0.29) is 18.4 Å². The van der Waals surface area contributed by atoms with Gasteiger partial charge in [0.15, 0.2) is 0 Å². The molecule has 0 bridgehead atoms. The number of nitrogens with two attached hydrogens (primary N) is 1. The Morgan fingerprint density at radius 1 is 1.43 bits per heavy atom. The highest BCUT2D eigenvalue weighted by Crippen LogP contribution is 2.19. The summed E-state index contributed by atoms with van der Waals surface area (Å²) in [6, 6.07) is 8.43. The molecule has 0 unspecified atom stereocenters. The van der Waals surface area contributed by atoms with Crippen LogP contribution in [0.4, 0.5) is 0 Å². The Morgan fingerprint density at radius 2 is 2.07 bits per heavy atom. The predicted molar refractivity (Wildman–Crippen MR) is 64.8 cm³/mol. The molecule has 0 saturated heterocycles. The van der Waals surface area contributed by atoms with Crippen LogP contribution in [0, 0.1) is 6.92 Å². The van der Waals surface area contributed by atoms with Gasteiger partial charge in [0.05, 0.1) is 0 Å². The average Bonchev–Trinajstić information content (AvgIpc) is 2.15. The lowest BCUT2D eigenvalue weighted by atomic mass is 9.98. The van der Waals surface area contributed by atoms with Crippen LogP contribution in [-0.4, -0.2) is 0 Å². The van der Waals surface area contributed by atoms with E-state index in [2.05, 4.69) is 25.6 Å². The lowest BCUT2D eigenvalue weighted by molar-refractivity contribution is 0.657. The molecule has 2 heteroatoms. The molecule has 0 radical (unpaired) electrons. The van der Waals surface area contributed by atoms with Crippen molar-refractivity contribution in [1.82, 2.24) is 0 Å². The molecule has 2 N–H and O–H groups in total. The zero-order chi connectivity index (χ0) is 9.68. The third kappa shape index (κ3) is 3.52. The summed E-state index contributed by atoms with van der Waals surface area (Å²) in [5, 5.41) is 0. The number of hydrogen-bond donors (Lipinski definition) is 1. The second-order valence-electron chi connectivity index (χ2n) is 3.33. The number of aryl methyl sites for hydroxylation is 1. The molecule has 0 aliphatic rings. The fourth-order valence-electron chi connectivity index (χ4n) is 1.46. The number of halogens is 1. The van der Waals surface area contributed by atoms with Gasteiger partial charge in [0.2, 0.25) is 0 Å². The minimum absolute atomic E-state index is 0. The van der Waals surface area contributed by atoms with Gasteiger partial charge >= 0.3 is 0 Å². The number of benzene rings is 1. The Morgan fingerprint density at radius 3 is 2.64 bits per heavy atom. The molecule has 78 valence electrons. The first-order valence-electron chi connectivity index (χ1n) is 4.67. The summed E-state index contributed by atoms with van der Waals surface area (Å²) in [7, 11) is 0. The molecule has 0 saturated carbocycles. The van der Waals surface area contributed by atoms with Crippen LogP contribution < -0.4 is 5.73 Å². The third-order valence-electron chi connectivity index (χ3n) is 2.27. The lowest BCUT2D eigenvalue weighted by Crippen LogP contribution is -2.11. The number of hydrogen-bond acceptors (Lipinski definition) is 1. The van der Waals surface area contributed by atoms with Crippen LogP contribution in [0.15, 0.2) is 36.9 Å². The van der Waals surface area contributed by atoms with E-state index in [1.807, 2.05) is 18.2 Å². The van der Waals surface area contributed by atoms with E-state index in [1.165, 1.54) is 11.1 Å². The van der Waals surface area contributed by atoms with Gasteiger partial charge in [-0.15, -0.1) is 19.0 Å². The Hall–Kier alpha value is -0.790. The molecule has 0 heterocycles. The van der Waals surface area contributed by atoms with Crippen LogP contribution in [0.1, 0.15) is 30.0 Å². The fourth-order valence-corrected chi connectivity index (χ4v) is 1.46. The summed E-state index contributed by atoms with van der Waals surface area (Å²) in [5.74, 6) is 0. The van der Waals surface area contributed by atoms with Gasteiger partial charge in [0.25, 0.3) is 0 Å². The van der Waals surface area contributed by atoms with Crippen LogP contribution in [0.2, 0.25) is 0 Å². The Balaban J connectivity index is 0.00000169. The van der Waals surface area contributed by atoms with Crippen molar-refractivity contribution in [3.63, 3.8) is 0 Å². The van der Waals surface area contributed by atoms with Gasteiger partial charge in [0, 0.05) is 6.04 Å². The van der Waals surface area contributed by atoms with E-state index in [4.69, 9.17) is 5.73 Å². The van der Waals surface area contributed by atoms with Gasteiger partial charge < -0.3 is 5.73 Å². The largest absolute Gasteiger partial charge is 0.324 e. The van der Waals surface area contributed by atoms with Gasteiger partial charge in [-0.25, -0.2) is 0 Å². The molecule has 0 spiro atoms. The van der Waals surface area contributed by atoms with Gasteiger partial charge in [-0.3, -0.25) is 0 Å². The van der Waals surface area contributed by atoms with E-state index in [0.29, 0.717) is 0 Å². The molecule has 1 atom stereocenters. The average molecular weight is 212 g/mol. The highest BCUT2D eigenvalue weighted by molar-refractivity contribution is 5.85. The molecular formula is C12H18ClN. The second kappa shape index (κ2) is 6.63. The maximum absolute atomic E-state index is 6.03. The smallest absolute Gasteiger partial charge is 0.0300 e. The van der Waals surface area contributed by atoms with E-state index >= 15 is 0 Å². The van der Waals surface area contributed by atoms with E-state index in [9.17, 15) is 0 Å². The molecule has 0 amide bonds. The molecule has 1 aromatic rings. The van der Waals surface area contributed by atoms with Crippen molar-refractivity contribution in [3.05, 3.63) is 48.0 Å². The number of allylic oxidation sites excluding steroid dienone is 1. The predicted octanol–water partition coefficient (Wildman–Crippen LogP) is 3.38. The SMILES string of the molecule is C=CCC[C@@H](N)c1ccccc1C.Cl. The van der Waals surface area contributed by atoms with Crippen molar-refractivity contribution in [3.8, 4) is 0 Å². The molecule has 0 fully saturated rings. The Labute approximate surface area is 92.4 Å². The molecule has 0 aliphatic carbocycles. The van der Waals surface area contributed by atoms with Crippen LogP contribution in [0.3, 0.4) is 0 Å². The first kappa shape index (κ1) is 13.2. The molecule has 1 rings (SSSR count).